The normalized spacial score (nSPS) is 23.9. The first-order valence-electron chi connectivity index (χ1n) is 5.76. The molecule has 1 aromatic rings. The minimum atomic E-state index is -0.111. The molecular formula is C12H16BrNO3. The summed E-state index contributed by atoms with van der Waals surface area (Å²) >= 11 is 3.26. The van der Waals surface area contributed by atoms with Gasteiger partial charge in [-0.05, 0) is 40.9 Å². The maximum Gasteiger partial charge on any atom is 0.310 e. The number of esters is 1. The highest BCUT2D eigenvalue weighted by atomic mass is 79.9. The summed E-state index contributed by atoms with van der Waals surface area (Å²) in [6, 6.07) is 3.98. The quantitative estimate of drug-likeness (QED) is 0.868. The zero-order valence-electron chi connectivity index (χ0n) is 9.74. The van der Waals surface area contributed by atoms with E-state index in [-0.39, 0.29) is 17.9 Å². The molecule has 4 nitrogen and oxygen atoms in total. The molecule has 1 aliphatic carbocycles. The van der Waals surface area contributed by atoms with Gasteiger partial charge in [0.2, 0.25) is 0 Å². The van der Waals surface area contributed by atoms with Gasteiger partial charge in [0.1, 0.15) is 5.76 Å². The summed E-state index contributed by atoms with van der Waals surface area (Å²) in [5, 5.41) is 3.36. The zero-order chi connectivity index (χ0) is 12.3. The second kappa shape index (κ2) is 5.69. The van der Waals surface area contributed by atoms with E-state index >= 15 is 0 Å². The summed E-state index contributed by atoms with van der Waals surface area (Å²) in [4.78, 5) is 11.5. The molecule has 1 fully saturated rings. The van der Waals surface area contributed by atoms with E-state index in [2.05, 4.69) is 21.2 Å². The van der Waals surface area contributed by atoms with Crippen LogP contribution in [0.25, 0.3) is 0 Å². The molecule has 0 amide bonds. The number of furan rings is 1. The number of hydrogen-bond acceptors (Lipinski definition) is 4. The summed E-state index contributed by atoms with van der Waals surface area (Å²) in [5.41, 5.74) is 0. The highest BCUT2D eigenvalue weighted by molar-refractivity contribution is 9.10. The highest BCUT2D eigenvalue weighted by Gasteiger charge is 2.33. The lowest BCUT2D eigenvalue weighted by Gasteiger charge is -2.18. The van der Waals surface area contributed by atoms with Crippen molar-refractivity contribution in [1.29, 1.82) is 0 Å². The fourth-order valence-corrected chi connectivity index (χ4v) is 2.66. The van der Waals surface area contributed by atoms with Gasteiger partial charge in [0.05, 0.1) is 19.6 Å². The first-order valence-corrected chi connectivity index (χ1v) is 6.55. The molecular weight excluding hydrogens is 286 g/mol. The van der Waals surface area contributed by atoms with Crippen molar-refractivity contribution < 1.29 is 13.9 Å². The van der Waals surface area contributed by atoms with Crippen LogP contribution in [0.15, 0.2) is 21.2 Å². The van der Waals surface area contributed by atoms with E-state index in [1.807, 2.05) is 12.1 Å². The average molecular weight is 302 g/mol. The molecule has 0 bridgehead atoms. The standard InChI is InChI=1S/C12H16BrNO3/c1-16-12(15)9-3-2-4-10(9)14-7-8-5-6-11(13)17-8/h5-6,9-10,14H,2-4,7H2,1H3. The number of ether oxygens (including phenoxy) is 1. The zero-order valence-corrected chi connectivity index (χ0v) is 11.3. The second-order valence-electron chi connectivity index (χ2n) is 4.25. The van der Waals surface area contributed by atoms with Gasteiger partial charge >= 0.3 is 5.97 Å². The summed E-state index contributed by atoms with van der Waals surface area (Å²) < 4.78 is 10.9. The number of halogens is 1. The Hall–Kier alpha value is -0.810. The number of rotatable bonds is 4. The molecule has 2 atom stereocenters. The Morgan fingerprint density at radius 1 is 1.59 bits per heavy atom. The third-order valence-electron chi connectivity index (χ3n) is 3.19. The van der Waals surface area contributed by atoms with Crippen molar-refractivity contribution in [1.82, 2.24) is 5.32 Å². The number of nitrogens with one attached hydrogen (secondary N) is 1. The predicted octanol–water partition coefficient (Wildman–Crippen LogP) is 2.47. The Labute approximate surface area is 109 Å². The van der Waals surface area contributed by atoms with Gasteiger partial charge in [-0.2, -0.15) is 0 Å². The average Bonchev–Trinajstić information content (AvgIpc) is 2.94. The fraction of sp³-hybridized carbons (Fsp3) is 0.583. The van der Waals surface area contributed by atoms with Crippen LogP contribution in [0.2, 0.25) is 0 Å². The maximum atomic E-state index is 11.5. The summed E-state index contributed by atoms with van der Waals surface area (Å²) in [5.74, 6) is 0.742. The van der Waals surface area contributed by atoms with Crippen molar-refractivity contribution >= 4 is 21.9 Å². The lowest BCUT2D eigenvalue weighted by atomic mass is 10.0. The summed E-state index contributed by atoms with van der Waals surface area (Å²) in [6.07, 6.45) is 2.99. The molecule has 94 valence electrons. The molecule has 1 heterocycles. The largest absolute Gasteiger partial charge is 0.469 e. The SMILES string of the molecule is COC(=O)C1CCCC1NCc1ccc(Br)o1. The summed E-state index contributed by atoms with van der Waals surface area (Å²) in [7, 11) is 1.45. The second-order valence-corrected chi connectivity index (χ2v) is 5.04. The van der Waals surface area contributed by atoms with Crippen LogP contribution in [0.5, 0.6) is 0 Å². The molecule has 0 aliphatic heterocycles. The van der Waals surface area contributed by atoms with Gasteiger partial charge in [-0.15, -0.1) is 0 Å². The van der Waals surface area contributed by atoms with Crippen LogP contribution in [0.1, 0.15) is 25.0 Å². The van der Waals surface area contributed by atoms with Crippen molar-refractivity contribution in [2.75, 3.05) is 7.11 Å². The molecule has 0 radical (unpaired) electrons. The molecule has 2 rings (SSSR count). The molecule has 0 spiro atoms. The van der Waals surface area contributed by atoms with Crippen LogP contribution in [-0.2, 0) is 16.1 Å². The molecule has 1 saturated carbocycles. The van der Waals surface area contributed by atoms with Crippen LogP contribution in [0, 0.1) is 5.92 Å². The van der Waals surface area contributed by atoms with Crippen LogP contribution in [-0.4, -0.2) is 19.1 Å². The Balaban J connectivity index is 1.88. The minimum absolute atomic E-state index is 0.0154. The van der Waals surface area contributed by atoms with Gasteiger partial charge in [0.15, 0.2) is 4.67 Å². The van der Waals surface area contributed by atoms with Crippen LogP contribution in [0.3, 0.4) is 0 Å². The van der Waals surface area contributed by atoms with Gasteiger partial charge in [-0.1, -0.05) is 6.42 Å². The van der Waals surface area contributed by atoms with Gasteiger partial charge in [0.25, 0.3) is 0 Å². The van der Waals surface area contributed by atoms with Crippen molar-refractivity contribution in [3.05, 3.63) is 22.6 Å². The van der Waals surface area contributed by atoms with Gasteiger partial charge in [0, 0.05) is 6.04 Å². The summed E-state index contributed by atoms with van der Waals surface area (Å²) in [6.45, 7) is 0.643. The van der Waals surface area contributed by atoms with Crippen LogP contribution in [0.4, 0.5) is 0 Å². The predicted molar refractivity (Wildman–Crippen MR) is 66.4 cm³/mol. The molecule has 1 N–H and O–H groups in total. The van der Waals surface area contributed by atoms with E-state index in [1.54, 1.807) is 0 Å². The van der Waals surface area contributed by atoms with Crippen LogP contribution >= 0.6 is 15.9 Å². The van der Waals surface area contributed by atoms with Crippen molar-refractivity contribution in [2.24, 2.45) is 5.92 Å². The Morgan fingerprint density at radius 3 is 3.06 bits per heavy atom. The topological polar surface area (TPSA) is 51.5 Å². The van der Waals surface area contributed by atoms with E-state index in [0.717, 1.165) is 29.7 Å². The van der Waals surface area contributed by atoms with E-state index in [1.165, 1.54) is 7.11 Å². The van der Waals surface area contributed by atoms with Gasteiger partial charge in [-0.3, -0.25) is 4.79 Å². The Kier molecular flexibility index (Phi) is 4.23. The number of methoxy groups -OCH3 is 1. The number of hydrogen-bond donors (Lipinski definition) is 1. The van der Waals surface area contributed by atoms with E-state index in [0.29, 0.717) is 6.54 Å². The number of carbonyl (C=O) groups is 1. The van der Waals surface area contributed by atoms with E-state index in [9.17, 15) is 4.79 Å². The maximum absolute atomic E-state index is 11.5. The third kappa shape index (κ3) is 3.10. The van der Waals surface area contributed by atoms with Crippen molar-refractivity contribution in [2.45, 2.75) is 31.8 Å². The lowest BCUT2D eigenvalue weighted by molar-refractivity contribution is -0.145. The van der Waals surface area contributed by atoms with Crippen LogP contribution < -0.4 is 5.32 Å². The minimum Gasteiger partial charge on any atom is -0.469 e. The smallest absolute Gasteiger partial charge is 0.310 e. The van der Waals surface area contributed by atoms with Gasteiger partial charge < -0.3 is 14.5 Å². The lowest BCUT2D eigenvalue weighted by Crippen LogP contribution is -2.36. The first kappa shape index (κ1) is 12.6. The Bertz CT molecular complexity index is 391. The Morgan fingerprint density at radius 2 is 2.41 bits per heavy atom. The van der Waals surface area contributed by atoms with Crippen molar-refractivity contribution in [3.8, 4) is 0 Å². The molecule has 0 saturated heterocycles. The number of carbonyl (C=O) groups excluding carboxylic acids is 1. The molecule has 17 heavy (non-hydrogen) atoms. The third-order valence-corrected chi connectivity index (χ3v) is 3.61. The molecule has 2 unspecified atom stereocenters. The molecule has 1 aliphatic rings. The van der Waals surface area contributed by atoms with Crippen molar-refractivity contribution in [3.63, 3.8) is 0 Å². The molecule has 5 heteroatoms. The molecule has 0 aromatic carbocycles. The monoisotopic (exact) mass is 301 g/mol. The fourth-order valence-electron chi connectivity index (χ4n) is 2.32. The van der Waals surface area contributed by atoms with E-state index < -0.39 is 0 Å². The van der Waals surface area contributed by atoms with E-state index in [4.69, 9.17) is 9.15 Å². The highest BCUT2D eigenvalue weighted by Crippen LogP contribution is 2.27. The molecule has 1 aromatic heterocycles. The van der Waals surface area contributed by atoms with Gasteiger partial charge in [-0.25, -0.2) is 0 Å². The first-order chi connectivity index (χ1) is 8.20.